The molecule has 0 aromatic heterocycles. The van der Waals surface area contributed by atoms with Gasteiger partial charge < -0.3 is 25.3 Å². The molecule has 0 bridgehead atoms. The van der Waals surface area contributed by atoms with Crippen LogP contribution in [0.5, 0.6) is 0 Å². The van der Waals surface area contributed by atoms with E-state index in [4.69, 9.17) is 9.57 Å². The van der Waals surface area contributed by atoms with Crippen molar-refractivity contribution in [3.63, 3.8) is 0 Å². The zero-order valence-electron chi connectivity index (χ0n) is 18.7. The molecular formula is C22H30N6O6. The Bertz CT molecular complexity index is 893. The molecule has 12 heteroatoms. The summed E-state index contributed by atoms with van der Waals surface area (Å²) in [7, 11) is 0. The van der Waals surface area contributed by atoms with Crippen LogP contribution < -0.4 is 21.3 Å². The Balaban J connectivity index is 1.30. The fourth-order valence-electron chi connectivity index (χ4n) is 3.33. The summed E-state index contributed by atoms with van der Waals surface area (Å²) in [4.78, 5) is 45.2. The monoisotopic (exact) mass is 474 g/mol. The molecule has 1 unspecified atom stereocenters. The van der Waals surface area contributed by atoms with Gasteiger partial charge in [-0.2, -0.15) is 0 Å². The summed E-state index contributed by atoms with van der Waals surface area (Å²) < 4.78 is 5.03. The van der Waals surface area contributed by atoms with Crippen LogP contribution >= 0.6 is 0 Å². The van der Waals surface area contributed by atoms with Crippen molar-refractivity contribution in [1.82, 2.24) is 21.3 Å². The lowest BCUT2D eigenvalue weighted by atomic mass is 10.1. The Kier molecular flexibility index (Phi) is 9.80. The molecule has 0 aliphatic carbocycles. The zero-order valence-corrected chi connectivity index (χ0v) is 18.7. The van der Waals surface area contributed by atoms with Crippen molar-refractivity contribution in [1.29, 1.82) is 0 Å². The average molecular weight is 475 g/mol. The van der Waals surface area contributed by atoms with Gasteiger partial charge in [0.2, 0.25) is 6.10 Å². The van der Waals surface area contributed by atoms with Gasteiger partial charge in [0.25, 0.3) is 5.91 Å². The zero-order chi connectivity index (χ0) is 24.2. The Morgan fingerprint density at radius 3 is 2.79 bits per heavy atom. The number of carboxylic acid groups (broad SMARTS) is 1. The smallest absolute Gasteiger partial charge is 0.408 e. The van der Waals surface area contributed by atoms with Gasteiger partial charge in [0.05, 0.1) is 5.71 Å². The van der Waals surface area contributed by atoms with E-state index in [9.17, 15) is 19.5 Å². The van der Waals surface area contributed by atoms with E-state index in [-0.39, 0.29) is 19.4 Å². The number of carbonyl (C=O) groups excluding carboxylic acids is 2. The number of hydrogen-bond donors (Lipinski definition) is 5. The molecule has 34 heavy (non-hydrogen) atoms. The molecule has 1 aromatic rings. The first-order valence-corrected chi connectivity index (χ1v) is 11.2. The minimum atomic E-state index is -1.35. The van der Waals surface area contributed by atoms with Crippen molar-refractivity contribution in [3.8, 4) is 0 Å². The molecule has 2 amide bonds. The highest BCUT2D eigenvalue weighted by Crippen LogP contribution is 2.15. The number of nitrogens with zero attached hydrogens (tertiary/aromatic N) is 2. The predicted molar refractivity (Wildman–Crippen MR) is 123 cm³/mol. The number of hydrogen-bond acceptors (Lipinski definition) is 9. The molecule has 3 rings (SSSR count). The van der Waals surface area contributed by atoms with Gasteiger partial charge in [-0.25, -0.2) is 9.59 Å². The summed E-state index contributed by atoms with van der Waals surface area (Å²) in [5.41, 5.74) is 1.55. The lowest BCUT2D eigenvalue weighted by molar-refractivity contribution is -0.139. The van der Waals surface area contributed by atoms with Crippen LogP contribution in [0.3, 0.4) is 0 Å². The van der Waals surface area contributed by atoms with E-state index >= 15 is 0 Å². The molecular weight excluding hydrogens is 444 g/mol. The third-order valence-electron chi connectivity index (χ3n) is 5.19. The van der Waals surface area contributed by atoms with E-state index in [1.807, 2.05) is 12.3 Å². The van der Waals surface area contributed by atoms with Crippen molar-refractivity contribution in [2.45, 2.75) is 50.7 Å². The summed E-state index contributed by atoms with van der Waals surface area (Å²) in [6.07, 6.45) is 2.97. The van der Waals surface area contributed by atoms with Gasteiger partial charge in [-0.05, 0) is 31.4 Å². The summed E-state index contributed by atoms with van der Waals surface area (Å²) >= 11 is 0. The molecule has 0 saturated heterocycles. The van der Waals surface area contributed by atoms with Gasteiger partial charge in [-0.15, -0.1) is 0 Å². The highest BCUT2D eigenvalue weighted by atomic mass is 16.6. The number of carboxylic acids is 1. The van der Waals surface area contributed by atoms with Gasteiger partial charge >= 0.3 is 12.1 Å². The third-order valence-corrected chi connectivity index (χ3v) is 5.19. The summed E-state index contributed by atoms with van der Waals surface area (Å²) in [5, 5.41) is 24.5. The van der Waals surface area contributed by atoms with E-state index in [1.165, 1.54) is 0 Å². The number of carbonyl (C=O) groups is 3. The largest absolute Gasteiger partial charge is 0.480 e. The second-order valence-corrected chi connectivity index (χ2v) is 7.85. The molecule has 2 aliphatic heterocycles. The molecule has 184 valence electrons. The Morgan fingerprint density at radius 2 is 2.06 bits per heavy atom. The fourth-order valence-corrected chi connectivity index (χ4v) is 3.33. The Morgan fingerprint density at radius 1 is 1.24 bits per heavy atom. The molecule has 2 aliphatic rings. The fraction of sp³-hybridized carbons (Fsp3) is 0.500. The van der Waals surface area contributed by atoms with Crippen molar-refractivity contribution in [2.24, 2.45) is 10.1 Å². The highest BCUT2D eigenvalue weighted by molar-refractivity contribution is 5.93. The predicted octanol–water partition coefficient (Wildman–Crippen LogP) is 0.345. The number of benzene rings is 1. The third kappa shape index (κ3) is 8.45. The lowest BCUT2D eigenvalue weighted by Crippen LogP contribution is -2.50. The maximum atomic E-state index is 12.4. The number of oxime groups is 1. The maximum absolute atomic E-state index is 12.4. The van der Waals surface area contributed by atoms with Gasteiger partial charge in [0.15, 0.2) is 6.29 Å². The van der Waals surface area contributed by atoms with E-state index in [0.717, 1.165) is 37.2 Å². The summed E-state index contributed by atoms with van der Waals surface area (Å²) in [6.45, 7) is 1.28. The van der Waals surface area contributed by atoms with Gasteiger partial charge in [0.1, 0.15) is 12.6 Å². The second-order valence-electron chi connectivity index (χ2n) is 7.85. The van der Waals surface area contributed by atoms with Crippen LogP contribution in [0.4, 0.5) is 4.79 Å². The molecule has 1 aromatic carbocycles. The quantitative estimate of drug-likeness (QED) is 0.256. The maximum Gasteiger partial charge on any atom is 0.408 e. The molecule has 0 fully saturated rings. The number of aliphatic imine (C=N–C) groups is 1. The van der Waals surface area contributed by atoms with E-state index < -0.39 is 30.1 Å². The summed E-state index contributed by atoms with van der Waals surface area (Å²) in [6, 6.07) is 7.64. The number of nitrogens with one attached hydrogen (secondary N) is 4. The first-order chi connectivity index (χ1) is 16.5. The molecule has 5 N–H and O–H groups in total. The van der Waals surface area contributed by atoms with Crippen LogP contribution in [0.1, 0.15) is 31.2 Å². The normalized spacial score (nSPS) is 19.7. The number of unbranched alkanes of at least 4 members (excludes halogenated alkanes) is 1. The molecule has 12 nitrogen and oxygen atoms in total. The second kappa shape index (κ2) is 13.3. The van der Waals surface area contributed by atoms with Crippen LogP contribution in [-0.4, -0.2) is 73.1 Å². The van der Waals surface area contributed by atoms with Gasteiger partial charge in [-0.1, -0.05) is 35.5 Å². The van der Waals surface area contributed by atoms with Crippen LogP contribution in [0.15, 0.2) is 40.5 Å². The Hall–Kier alpha value is -3.51. The summed E-state index contributed by atoms with van der Waals surface area (Å²) in [5.74, 6) is -1.79. The Labute approximate surface area is 197 Å². The number of alkyl carbamates (subject to hydrolysis) is 1. The number of rotatable bonds is 13. The molecule has 0 spiro atoms. The SMILES string of the molecule is O=C(NC(CNC(=O)[C@H]1CC(CCCCN[C@@H]2N=CCN2)=NO1)C(=O)O)OCc1ccccc1. The van der Waals surface area contributed by atoms with Crippen LogP contribution in [-0.2, 0) is 25.8 Å². The minimum absolute atomic E-state index is 0.00285. The van der Waals surface area contributed by atoms with Crippen molar-refractivity contribution in [3.05, 3.63) is 35.9 Å². The van der Waals surface area contributed by atoms with Crippen molar-refractivity contribution >= 4 is 29.9 Å². The first-order valence-electron chi connectivity index (χ1n) is 11.2. The minimum Gasteiger partial charge on any atom is -0.480 e. The molecule has 3 atom stereocenters. The van der Waals surface area contributed by atoms with Crippen molar-refractivity contribution < 1.29 is 29.1 Å². The number of aliphatic carboxylic acids is 1. The first kappa shape index (κ1) is 25.1. The van der Waals surface area contributed by atoms with Crippen LogP contribution in [0.25, 0.3) is 0 Å². The van der Waals surface area contributed by atoms with Gasteiger partial charge in [0, 0.05) is 25.7 Å². The van der Waals surface area contributed by atoms with Crippen molar-refractivity contribution in [2.75, 3.05) is 19.6 Å². The average Bonchev–Trinajstić information content (AvgIpc) is 3.53. The number of ether oxygens (including phenoxy) is 1. The van der Waals surface area contributed by atoms with E-state index in [1.54, 1.807) is 24.3 Å². The highest BCUT2D eigenvalue weighted by Gasteiger charge is 2.29. The van der Waals surface area contributed by atoms with Crippen LogP contribution in [0, 0.1) is 0 Å². The van der Waals surface area contributed by atoms with Gasteiger partial charge in [-0.3, -0.25) is 20.4 Å². The topological polar surface area (TPSA) is 163 Å². The van der Waals surface area contributed by atoms with E-state index in [2.05, 4.69) is 31.4 Å². The van der Waals surface area contributed by atoms with E-state index in [0.29, 0.717) is 12.8 Å². The van der Waals surface area contributed by atoms with Crippen LogP contribution in [0.2, 0.25) is 0 Å². The lowest BCUT2D eigenvalue weighted by Gasteiger charge is -2.16. The molecule has 0 saturated carbocycles. The number of amides is 2. The molecule has 2 heterocycles. The molecule has 0 radical (unpaired) electrons. The standard InChI is InChI=1S/C22H30N6O6/c29-19(18-12-16(28-34-18)8-4-5-9-23-21-24-10-11-25-21)26-13-17(20(30)31)27-22(32)33-14-15-6-2-1-3-7-15/h1-3,6-7,10,17-18,21,23,25H,4-5,8-9,11-14H2,(H,26,29)(H,27,32)(H,30,31)/t17?,18-,21-/m1/s1.